The Morgan fingerprint density at radius 1 is 1.30 bits per heavy atom. The zero-order valence-electron chi connectivity index (χ0n) is 13.3. The maximum Gasteiger partial charge on any atom is 0.132 e. The SMILES string of the molecule is [2H]C1([2H])Cc2c(Cl)c(Br)cc(-c3ccc(C(C)C)cc3)c2O1. The largest absolute Gasteiger partial charge is 0.492 e. The van der Waals surface area contributed by atoms with Gasteiger partial charge in [-0.15, -0.1) is 0 Å². The molecule has 20 heavy (non-hydrogen) atoms. The van der Waals surface area contributed by atoms with Crippen molar-refractivity contribution in [3.8, 4) is 16.9 Å². The summed E-state index contributed by atoms with van der Waals surface area (Å²) in [5, 5.41) is 0.527. The lowest BCUT2D eigenvalue weighted by atomic mass is 9.97. The Labute approximate surface area is 135 Å². The zero-order chi connectivity index (χ0) is 16.1. The van der Waals surface area contributed by atoms with Crippen LogP contribution in [0.25, 0.3) is 11.1 Å². The highest BCUT2D eigenvalue weighted by Gasteiger charge is 2.22. The Morgan fingerprint density at radius 3 is 2.65 bits per heavy atom. The minimum absolute atomic E-state index is 0.164. The number of fused-ring (bicyclic) bond motifs is 1. The van der Waals surface area contributed by atoms with Crippen molar-refractivity contribution in [3.05, 3.63) is 51.0 Å². The van der Waals surface area contributed by atoms with E-state index in [1.165, 1.54) is 5.56 Å². The van der Waals surface area contributed by atoms with Gasteiger partial charge in [0.15, 0.2) is 0 Å². The molecule has 1 nitrogen and oxygen atoms in total. The van der Waals surface area contributed by atoms with Crippen LogP contribution in [0, 0.1) is 0 Å². The monoisotopic (exact) mass is 352 g/mol. The van der Waals surface area contributed by atoms with Crippen LogP contribution in [0.3, 0.4) is 0 Å². The third-order valence-corrected chi connectivity index (χ3v) is 4.86. The first-order valence-electron chi connectivity index (χ1n) is 7.59. The van der Waals surface area contributed by atoms with E-state index in [-0.39, 0.29) is 6.42 Å². The van der Waals surface area contributed by atoms with E-state index in [1.807, 2.05) is 18.2 Å². The Morgan fingerprint density at radius 2 is 2.00 bits per heavy atom. The van der Waals surface area contributed by atoms with Gasteiger partial charge < -0.3 is 4.74 Å². The Kier molecular flexibility index (Phi) is 3.16. The number of halogens is 2. The minimum atomic E-state index is -1.71. The van der Waals surface area contributed by atoms with Crippen LogP contribution in [0.4, 0.5) is 0 Å². The molecule has 1 aliphatic rings. The molecule has 0 bridgehead atoms. The summed E-state index contributed by atoms with van der Waals surface area (Å²) in [6.45, 7) is 2.60. The van der Waals surface area contributed by atoms with Gasteiger partial charge in [-0.05, 0) is 39.0 Å². The summed E-state index contributed by atoms with van der Waals surface area (Å²) in [4.78, 5) is 0. The van der Waals surface area contributed by atoms with Crippen LogP contribution >= 0.6 is 27.5 Å². The molecule has 2 aromatic carbocycles. The molecule has 0 spiro atoms. The number of hydrogen-bond acceptors (Lipinski definition) is 1. The van der Waals surface area contributed by atoms with Crippen molar-refractivity contribution < 1.29 is 7.48 Å². The Bertz CT molecular complexity index is 726. The van der Waals surface area contributed by atoms with E-state index in [9.17, 15) is 0 Å². The van der Waals surface area contributed by atoms with Gasteiger partial charge in [0.25, 0.3) is 0 Å². The molecule has 2 aromatic rings. The van der Waals surface area contributed by atoms with E-state index in [0.717, 1.165) is 21.2 Å². The number of benzene rings is 2. The zero-order valence-corrected chi connectivity index (χ0v) is 13.7. The molecule has 3 rings (SSSR count). The summed E-state index contributed by atoms with van der Waals surface area (Å²) >= 11 is 9.76. The van der Waals surface area contributed by atoms with Gasteiger partial charge in [0.05, 0.1) is 14.3 Å². The van der Waals surface area contributed by atoms with Gasteiger partial charge in [-0.1, -0.05) is 49.7 Å². The van der Waals surface area contributed by atoms with Gasteiger partial charge in [0.2, 0.25) is 0 Å². The highest BCUT2D eigenvalue weighted by molar-refractivity contribution is 9.10. The normalized spacial score (nSPS) is 17.4. The molecule has 3 heteroatoms. The number of rotatable bonds is 2. The summed E-state index contributed by atoms with van der Waals surface area (Å²) in [6, 6.07) is 10.2. The molecule has 0 aromatic heterocycles. The molecule has 0 N–H and O–H groups in total. The predicted molar refractivity (Wildman–Crippen MR) is 87.9 cm³/mol. The van der Waals surface area contributed by atoms with Crippen LogP contribution in [0.2, 0.25) is 5.02 Å². The molecular formula is C17H16BrClO. The maximum absolute atomic E-state index is 7.86. The smallest absolute Gasteiger partial charge is 0.132 e. The van der Waals surface area contributed by atoms with Crippen molar-refractivity contribution in [3.63, 3.8) is 0 Å². The van der Waals surface area contributed by atoms with Crippen molar-refractivity contribution in [1.82, 2.24) is 0 Å². The fraction of sp³-hybridized carbons (Fsp3) is 0.294. The van der Waals surface area contributed by atoms with Gasteiger partial charge in [-0.2, -0.15) is 0 Å². The minimum Gasteiger partial charge on any atom is -0.492 e. The lowest BCUT2D eigenvalue weighted by Gasteiger charge is -2.12. The summed E-state index contributed by atoms with van der Waals surface area (Å²) < 4.78 is 22.0. The van der Waals surface area contributed by atoms with Gasteiger partial charge in [-0.25, -0.2) is 0 Å². The topological polar surface area (TPSA) is 9.23 Å². The van der Waals surface area contributed by atoms with Crippen LogP contribution < -0.4 is 4.74 Å². The van der Waals surface area contributed by atoms with E-state index < -0.39 is 6.56 Å². The third kappa shape index (κ3) is 2.36. The van der Waals surface area contributed by atoms with Gasteiger partial charge >= 0.3 is 0 Å². The van der Waals surface area contributed by atoms with Crippen molar-refractivity contribution in [2.24, 2.45) is 0 Å². The fourth-order valence-electron chi connectivity index (χ4n) is 2.38. The molecule has 0 saturated heterocycles. The molecule has 0 aliphatic carbocycles. The molecule has 1 aliphatic heterocycles. The highest BCUT2D eigenvalue weighted by Crippen LogP contribution is 2.44. The second-order valence-corrected chi connectivity index (χ2v) is 6.46. The second kappa shape index (κ2) is 5.42. The number of ether oxygens (including phenoxy) is 1. The van der Waals surface area contributed by atoms with E-state index in [0.29, 0.717) is 16.7 Å². The van der Waals surface area contributed by atoms with E-state index in [4.69, 9.17) is 19.1 Å². The molecule has 0 unspecified atom stereocenters. The summed E-state index contributed by atoms with van der Waals surface area (Å²) in [5.74, 6) is 1.03. The Hall–Kier alpha value is -0.990. The van der Waals surface area contributed by atoms with Crippen molar-refractivity contribution >= 4 is 27.5 Å². The molecular weight excluding hydrogens is 336 g/mol. The predicted octanol–water partition coefficient (Wildman–Crippen LogP) is 5.83. The van der Waals surface area contributed by atoms with Crippen LogP contribution in [0.1, 0.15) is 33.6 Å². The van der Waals surface area contributed by atoms with E-state index >= 15 is 0 Å². The van der Waals surface area contributed by atoms with E-state index in [2.05, 4.69) is 41.9 Å². The van der Waals surface area contributed by atoms with Gasteiger partial charge in [-0.3, -0.25) is 0 Å². The first-order valence-corrected chi connectivity index (χ1v) is 7.76. The number of hydrogen-bond donors (Lipinski definition) is 0. The lowest BCUT2D eigenvalue weighted by molar-refractivity contribution is 0.358. The summed E-state index contributed by atoms with van der Waals surface area (Å²) in [6.07, 6.45) is 0.164. The van der Waals surface area contributed by atoms with Crippen molar-refractivity contribution in [1.29, 1.82) is 0 Å². The average Bonchev–Trinajstić information content (AvgIpc) is 2.79. The van der Waals surface area contributed by atoms with Crippen molar-refractivity contribution in [2.45, 2.75) is 26.2 Å². The van der Waals surface area contributed by atoms with Crippen LogP contribution in [0.15, 0.2) is 34.8 Å². The van der Waals surface area contributed by atoms with Crippen LogP contribution in [0.5, 0.6) is 5.75 Å². The first kappa shape index (κ1) is 11.6. The van der Waals surface area contributed by atoms with Crippen LogP contribution in [-0.4, -0.2) is 6.56 Å². The van der Waals surface area contributed by atoms with Gasteiger partial charge in [0.1, 0.15) is 5.75 Å². The van der Waals surface area contributed by atoms with Crippen molar-refractivity contribution in [2.75, 3.05) is 6.56 Å². The molecule has 0 fully saturated rings. The highest BCUT2D eigenvalue weighted by atomic mass is 79.9. The lowest BCUT2D eigenvalue weighted by Crippen LogP contribution is -1.91. The fourth-order valence-corrected chi connectivity index (χ4v) is 3.05. The summed E-state index contributed by atoms with van der Waals surface area (Å²) in [7, 11) is 0. The second-order valence-electron chi connectivity index (χ2n) is 5.23. The molecule has 1 heterocycles. The molecule has 0 atom stereocenters. The van der Waals surface area contributed by atoms with E-state index in [1.54, 1.807) is 0 Å². The summed E-state index contributed by atoms with van der Waals surface area (Å²) in [5.41, 5.74) is 3.85. The maximum atomic E-state index is 7.86. The standard InChI is InChI=1S/C17H16BrClO/c1-10(2)11-3-5-12(6-4-11)14-9-15(18)16(19)13-7-8-20-17(13)14/h3-6,9-10H,7-8H2,1-2H3/i8D2. The third-order valence-electron chi connectivity index (χ3n) is 3.58. The quantitative estimate of drug-likeness (QED) is 0.660. The van der Waals surface area contributed by atoms with Crippen LogP contribution in [-0.2, 0) is 6.42 Å². The molecule has 0 radical (unpaired) electrons. The van der Waals surface area contributed by atoms with Gasteiger partial charge in [0, 0.05) is 22.0 Å². The average molecular weight is 354 g/mol. The molecule has 104 valence electrons. The Balaban J connectivity index is 2.13. The first-order chi connectivity index (χ1) is 10.3. The molecule has 0 saturated carbocycles. The molecule has 0 amide bonds.